The van der Waals surface area contributed by atoms with Crippen molar-refractivity contribution >= 4 is 28.7 Å². The molecule has 1 aromatic carbocycles. The molecule has 4 heterocycles. The summed E-state index contributed by atoms with van der Waals surface area (Å²) in [6.45, 7) is -0.308. The van der Waals surface area contributed by atoms with Gasteiger partial charge in [-0.2, -0.15) is 8.78 Å². The molecule has 0 amide bonds. The molecule has 0 aliphatic carbocycles. The lowest BCUT2D eigenvalue weighted by Crippen LogP contribution is -2.32. The van der Waals surface area contributed by atoms with E-state index in [4.69, 9.17) is 4.42 Å². The fourth-order valence-electron chi connectivity index (χ4n) is 3.96. The van der Waals surface area contributed by atoms with E-state index in [0.717, 1.165) is 42.2 Å². The maximum absolute atomic E-state index is 13.8. The lowest BCUT2D eigenvalue weighted by Gasteiger charge is -2.27. The molecule has 1 aliphatic rings. The van der Waals surface area contributed by atoms with E-state index in [9.17, 15) is 8.78 Å². The summed E-state index contributed by atoms with van der Waals surface area (Å²) in [4.78, 5) is 6.66. The number of rotatable bonds is 7. The van der Waals surface area contributed by atoms with Crippen LogP contribution in [0.4, 0.5) is 14.7 Å². The van der Waals surface area contributed by atoms with Crippen molar-refractivity contribution in [2.45, 2.75) is 43.3 Å². The van der Waals surface area contributed by atoms with Crippen molar-refractivity contribution in [1.82, 2.24) is 24.3 Å². The van der Waals surface area contributed by atoms with Gasteiger partial charge in [0, 0.05) is 13.1 Å². The molecule has 4 aromatic rings. The maximum atomic E-state index is 13.8. The molecule has 0 atom stereocenters. The van der Waals surface area contributed by atoms with Crippen molar-refractivity contribution in [3.8, 4) is 0 Å². The Morgan fingerprint density at radius 2 is 1.87 bits per heavy atom. The van der Waals surface area contributed by atoms with Gasteiger partial charge in [0.15, 0.2) is 5.16 Å². The minimum absolute atomic E-state index is 0.259. The number of imidazole rings is 1. The maximum Gasteiger partial charge on any atom is 0.320 e. The van der Waals surface area contributed by atoms with Gasteiger partial charge in [-0.25, -0.2) is 4.98 Å². The quantitative estimate of drug-likeness (QED) is 0.376. The number of piperidine rings is 1. The molecular formula is C21H22F2N6OS. The molecule has 0 saturated carbocycles. The molecular weight excluding hydrogens is 422 g/mol. The lowest BCUT2D eigenvalue weighted by atomic mass is 10.1. The standard InChI is InChI=1S/C21H22F2N6OS/c22-19(23)29-17-9-3-2-8-16(17)24-18(29)14-31-21-26-25-20(27-10-4-1-5-11-27)28(21)13-15-7-6-12-30-15/h2-3,6-9,12,19H,1,4-5,10-11,13-14H2. The fraction of sp³-hybridized carbons (Fsp3) is 0.381. The Bertz CT molecular complexity index is 1150. The van der Waals surface area contributed by atoms with Crippen molar-refractivity contribution in [3.63, 3.8) is 0 Å². The van der Waals surface area contributed by atoms with Crippen molar-refractivity contribution in [1.29, 1.82) is 0 Å². The molecule has 0 N–H and O–H groups in total. The summed E-state index contributed by atoms with van der Waals surface area (Å²) in [5, 5.41) is 9.47. The van der Waals surface area contributed by atoms with Crippen LogP contribution >= 0.6 is 11.8 Å². The first-order valence-electron chi connectivity index (χ1n) is 10.3. The van der Waals surface area contributed by atoms with Gasteiger partial charge in [0.2, 0.25) is 5.95 Å². The Kier molecular flexibility index (Phi) is 5.63. The summed E-state index contributed by atoms with van der Waals surface area (Å²) in [5.74, 6) is 2.16. The van der Waals surface area contributed by atoms with Crippen LogP contribution in [0.15, 0.2) is 52.2 Å². The van der Waals surface area contributed by atoms with Gasteiger partial charge >= 0.3 is 6.55 Å². The monoisotopic (exact) mass is 444 g/mol. The smallest absolute Gasteiger partial charge is 0.320 e. The van der Waals surface area contributed by atoms with E-state index in [0.29, 0.717) is 28.6 Å². The summed E-state index contributed by atoms with van der Waals surface area (Å²) in [6.07, 6.45) is 5.09. The number of alkyl halides is 2. The molecule has 3 aromatic heterocycles. The van der Waals surface area contributed by atoms with Crippen LogP contribution in [-0.4, -0.2) is 37.4 Å². The number of nitrogens with zero attached hydrogens (tertiary/aromatic N) is 6. The van der Waals surface area contributed by atoms with E-state index in [2.05, 4.69) is 20.1 Å². The van der Waals surface area contributed by atoms with E-state index < -0.39 is 6.55 Å². The van der Waals surface area contributed by atoms with Gasteiger partial charge in [-0.3, -0.25) is 9.13 Å². The van der Waals surface area contributed by atoms with Crippen LogP contribution in [0.1, 0.15) is 37.4 Å². The summed E-state index contributed by atoms with van der Waals surface area (Å²) >= 11 is 1.36. The van der Waals surface area contributed by atoms with Gasteiger partial charge in [0.25, 0.3) is 0 Å². The predicted molar refractivity (Wildman–Crippen MR) is 114 cm³/mol. The molecule has 0 unspecified atom stereocenters. The Hall–Kier alpha value is -2.88. The second-order valence-corrected chi connectivity index (χ2v) is 8.39. The highest BCUT2D eigenvalue weighted by molar-refractivity contribution is 7.98. The van der Waals surface area contributed by atoms with Gasteiger partial charge in [0.1, 0.15) is 11.6 Å². The number of hydrogen-bond donors (Lipinski definition) is 0. The minimum Gasteiger partial charge on any atom is -0.467 e. The largest absolute Gasteiger partial charge is 0.467 e. The van der Waals surface area contributed by atoms with Gasteiger partial charge in [-0.1, -0.05) is 23.9 Å². The molecule has 7 nitrogen and oxygen atoms in total. The molecule has 0 radical (unpaired) electrons. The topological polar surface area (TPSA) is 64.9 Å². The summed E-state index contributed by atoms with van der Waals surface area (Å²) in [5.41, 5.74) is 0.989. The molecule has 162 valence electrons. The van der Waals surface area contributed by atoms with Crippen LogP contribution in [0.2, 0.25) is 0 Å². The summed E-state index contributed by atoms with van der Waals surface area (Å²) in [6, 6.07) is 10.7. The third-order valence-electron chi connectivity index (χ3n) is 5.42. The van der Waals surface area contributed by atoms with Crippen LogP contribution in [0.25, 0.3) is 11.0 Å². The zero-order valence-electron chi connectivity index (χ0n) is 16.8. The Balaban J connectivity index is 1.44. The SMILES string of the molecule is FC(F)n1c(CSc2nnc(N3CCCCC3)n2Cc2ccco2)nc2ccccc21. The van der Waals surface area contributed by atoms with Crippen molar-refractivity contribution < 1.29 is 13.2 Å². The highest BCUT2D eigenvalue weighted by atomic mass is 32.2. The number of benzene rings is 1. The van der Waals surface area contributed by atoms with Crippen molar-refractivity contribution in [2.75, 3.05) is 18.0 Å². The number of aromatic nitrogens is 5. The third-order valence-corrected chi connectivity index (χ3v) is 6.39. The second kappa shape index (κ2) is 8.70. The van der Waals surface area contributed by atoms with Crippen molar-refractivity contribution in [3.05, 3.63) is 54.2 Å². The van der Waals surface area contributed by atoms with E-state index in [1.165, 1.54) is 18.2 Å². The van der Waals surface area contributed by atoms with Gasteiger partial charge in [-0.05, 0) is 43.5 Å². The zero-order chi connectivity index (χ0) is 21.2. The number of hydrogen-bond acceptors (Lipinski definition) is 6. The van der Waals surface area contributed by atoms with Crippen LogP contribution in [0.3, 0.4) is 0 Å². The molecule has 31 heavy (non-hydrogen) atoms. The minimum atomic E-state index is -2.66. The molecule has 5 rings (SSSR count). The normalized spacial score (nSPS) is 14.7. The predicted octanol–water partition coefficient (Wildman–Crippen LogP) is 4.95. The van der Waals surface area contributed by atoms with Gasteiger partial charge in [-0.15, -0.1) is 10.2 Å². The first-order valence-corrected chi connectivity index (χ1v) is 11.3. The molecule has 0 spiro atoms. The number of anilines is 1. The molecule has 1 aliphatic heterocycles. The van der Waals surface area contributed by atoms with E-state index in [-0.39, 0.29) is 5.75 Å². The highest BCUT2D eigenvalue weighted by Crippen LogP contribution is 2.30. The van der Waals surface area contributed by atoms with E-state index >= 15 is 0 Å². The summed E-state index contributed by atoms with van der Waals surface area (Å²) < 4.78 is 36.0. The first kappa shape index (κ1) is 20.0. The third kappa shape index (κ3) is 4.04. The van der Waals surface area contributed by atoms with Crippen LogP contribution in [-0.2, 0) is 12.3 Å². The summed E-state index contributed by atoms with van der Waals surface area (Å²) in [7, 11) is 0. The van der Waals surface area contributed by atoms with Crippen LogP contribution < -0.4 is 4.90 Å². The van der Waals surface area contributed by atoms with Crippen LogP contribution in [0.5, 0.6) is 0 Å². The van der Waals surface area contributed by atoms with E-state index in [1.807, 2.05) is 16.7 Å². The number of halogens is 2. The van der Waals surface area contributed by atoms with Gasteiger partial charge in [0.05, 0.1) is 29.6 Å². The number of para-hydroxylation sites is 2. The number of fused-ring (bicyclic) bond motifs is 1. The number of thioether (sulfide) groups is 1. The highest BCUT2D eigenvalue weighted by Gasteiger charge is 2.23. The zero-order valence-corrected chi connectivity index (χ0v) is 17.6. The molecule has 1 fully saturated rings. The molecule has 0 bridgehead atoms. The average molecular weight is 445 g/mol. The Morgan fingerprint density at radius 1 is 1.03 bits per heavy atom. The first-order chi connectivity index (χ1) is 15.2. The van der Waals surface area contributed by atoms with Gasteiger partial charge < -0.3 is 9.32 Å². The van der Waals surface area contributed by atoms with E-state index in [1.54, 1.807) is 30.5 Å². The van der Waals surface area contributed by atoms with Crippen molar-refractivity contribution in [2.24, 2.45) is 0 Å². The average Bonchev–Trinajstić information content (AvgIpc) is 3.52. The Morgan fingerprint density at radius 3 is 2.65 bits per heavy atom. The lowest BCUT2D eigenvalue weighted by molar-refractivity contribution is 0.0722. The van der Waals surface area contributed by atoms with Crippen LogP contribution in [0, 0.1) is 0 Å². The molecule has 10 heteroatoms. The number of furan rings is 1. The fourth-order valence-corrected chi connectivity index (χ4v) is 4.82. The second-order valence-electron chi connectivity index (χ2n) is 7.45. The molecule has 1 saturated heterocycles. The Labute approximate surface area is 182 Å².